The van der Waals surface area contributed by atoms with Crippen LogP contribution in [0.15, 0.2) is 48.6 Å². The Kier molecular flexibility index (Phi) is 30.5. The fourth-order valence-electron chi connectivity index (χ4n) is 5.84. The van der Waals surface area contributed by atoms with Crippen molar-refractivity contribution in [3.63, 3.8) is 0 Å². The summed E-state index contributed by atoms with van der Waals surface area (Å²) in [6.07, 6.45) is 29.7. The van der Waals surface area contributed by atoms with E-state index in [2.05, 4.69) is 32.1 Å². The van der Waals surface area contributed by atoms with Crippen LogP contribution in [0.3, 0.4) is 0 Å². The third-order valence-corrected chi connectivity index (χ3v) is 9.07. The molecule has 0 bridgehead atoms. The lowest BCUT2D eigenvalue weighted by atomic mass is 9.99. The van der Waals surface area contributed by atoms with Crippen molar-refractivity contribution in [3.05, 3.63) is 48.6 Å². The van der Waals surface area contributed by atoms with Gasteiger partial charge in [0.05, 0.1) is 13.2 Å². The average molecular weight is 737 g/mol. The predicted molar refractivity (Wildman–Crippen MR) is 205 cm³/mol. The zero-order chi connectivity index (χ0) is 38.1. The number of carbonyl (C=O) groups is 2. The molecule has 0 aliphatic carbocycles. The first-order chi connectivity index (χ1) is 25.3. The summed E-state index contributed by atoms with van der Waals surface area (Å²) in [7, 11) is 0. The van der Waals surface area contributed by atoms with Crippen LogP contribution < -0.4 is 0 Å². The Labute approximate surface area is 314 Å². The monoisotopic (exact) mass is 737 g/mol. The molecule has 1 rings (SSSR count). The maximum absolute atomic E-state index is 12.7. The van der Waals surface area contributed by atoms with Crippen molar-refractivity contribution in [2.24, 2.45) is 0 Å². The first kappa shape index (κ1) is 47.7. The number of allylic oxidation sites excluding steroid dienone is 8. The molecule has 1 heterocycles. The standard InChI is InChI=1S/C42H72O10/c1-3-5-7-9-11-13-15-17-18-19-21-23-25-27-29-31-38(45)51-35(34-50-42-41(48)40(47)39(46)36(32-43)52-42)33-49-37(44)30-28-26-24-22-20-16-14-12-10-8-6-4-2/h5,7,9,11,13,15,17-18,35-36,39-43,46-48H,3-4,6,8,10,12,14,16,19-34H2,1-2H3/b7-5+,11-9+,15-13+,18-17+/t35-,36-,39+,40?,41?,42-/m1/s1. The smallest absolute Gasteiger partial charge is 0.306 e. The Morgan fingerprint density at radius 2 is 1.13 bits per heavy atom. The van der Waals surface area contributed by atoms with Crippen LogP contribution in [0.2, 0.25) is 0 Å². The number of unbranched alkanes of at least 4 members (excludes halogenated alkanes) is 16. The molecular weight excluding hydrogens is 664 g/mol. The number of aliphatic hydroxyl groups excluding tert-OH is 4. The van der Waals surface area contributed by atoms with Crippen LogP contribution in [-0.4, -0.2) is 89.0 Å². The van der Waals surface area contributed by atoms with Crippen molar-refractivity contribution < 1.29 is 49.0 Å². The van der Waals surface area contributed by atoms with Gasteiger partial charge in [-0.1, -0.05) is 152 Å². The quantitative estimate of drug-likeness (QED) is 0.0307. The fraction of sp³-hybridized carbons (Fsp3) is 0.762. The molecule has 6 atom stereocenters. The third kappa shape index (κ3) is 24.8. The molecule has 0 spiro atoms. The van der Waals surface area contributed by atoms with E-state index in [0.29, 0.717) is 6.42 Å². The average Bonchev–Trinajstić information content (AvgIpc) is 3.14. The summed E-state index contributed by atoms with van der Waals surface area (Å²) in [4.78, 5) is 25.2. The largest absolute Gasteiger partial charge is 0.462 e. The highest BCUT2D eigenvalue weighted by atomic mass is 16.7. The van der Waals surface area contributed by atoms with Crippen molar-refractivity contribution in [1.82, 2.24) is 0 Å². The van der Waals surface area contributed by atoms with Gasteiger partial charge in [-0.05, 0) is 32.1 Å². The lowest BCUT2D eigenvalue weighted by Gasteiger charge is -2.39. The first-order valence-electron chi connectivity index (χ1n) is 20.3. The maximum Gasteiger partial charge on any atom is 0.306 e. The van der Waals surface area contributed by atoms with Crippen LogP contribution in [-0.2, 0) is 28.5 Å². The molecule has 52 heavy (non-hydrogen) atoms. The number of esters is 2. The summed E-state index contributed by atoms with van der Waals surface area (Å²) >= 11 is 0. The van der Waals surface area contributed by atoms with E-state index in [0.717, 1.165) is 57.8 Å². The molecule has 0 amide bonds. The van der Waals surface area contributed by atoms with Gasteiger partial charge in [0, 0.05) is 12.8 Å². The highest BCUT2D eigenvalue weighted by Crippen LogP contribution is 2.22. The first-order valence-corrected chi connectivity index (χ1v) is 20.3. The molecule has 4 N–H and O–H groups in total. The minimum absolute atomic E-state index is 0.203. The summed E-state index contributed by atoms with van der Waals surface area (Å²) in [5.41, 5.74) is 0. The molecule has 10 nitrogen and oxygen atoms in total. The molecule has 1 aliphatic rings. The summed E-state index contributed by atoms with van der Waals surface area (Å²) in [5.74, 6) is -0.836. The number of carbonyl (C=O) groups excluding carboxylic acids is 2. The number of hydrogen-bond donors (Lipinski definition) is 4. The second kappa shape index (κ2) is 33.2. The Morgan fingerprint density at radius 1 is 0.615 bits per heavy atom. The maximum atomic E-state index is 12.7. The van der Waals surface area contributed by atoms with Gasteiger partial charge in [-0.2, -0.15) is 0 Å². The summed E-state index contributed by atoms with van der Waals surface area (Å²) in [6, 6.07) is 0. The van der Waals surface area contributed by atoms with E-state index in [-0.39, 0.29) is 32.0 Å². The van der Waals surface area contributed by atoms with Gasteiger partial charge in [0.2, 0.25) is 0 Å². The molecule has 0 aromatic carbocycles. The van der Waals surface area contributed by atoms with E-state index >= 15 is 0 Å². The van der Waals surface area contributed by atoms with Crippen LogP contribution >= 0.6 is 0 Å². The van der Waals surface area contributed by atoms with Crippen molar-refractivity contribution in [1.29, 1.82) is 0 Å². The molecule has 0 saturated carbocycles. The van der Waals surface area contributed by atoms with Gasteiger partial charge in [-0.15, -0.1) is 0 Å². The van der Waals surface area contributed by atoms with E-state index in [1.807, 2.05) is 30.4 Å². The van der Waals surface area contributed by atoms with Gasteiger partial charge in [0.15, 0.2) is 12.4 Å². The van der Waals surface area contributed by atoms with Gasteiger partial charge in [0.25, 0.3) is 0 Å². The van der Waals surface area contributed by atoms with Crippen molar-refractivity contribution >= 4 is 11.9 Å². The zero-order valence-electron chi connectivity index (χ0n) is 32.3. The van der Waals surface area contributed by atoms with Crippen LogP contribution in [0.5, 0.6) is 0 Å². The van der Waals surface area contributed by atoms with E-state index in [4.69, 9.17) is 18.9 Å². The number of hydrogen-bond acceptors (Lipinski definition) is 10. The van der Waals surface area contributed by atoms with Gasteiger partial charge in [0.1, 0.15) is 31.0 Å². The number of aliphatic hydroxyl groups is 4. The molecule has 300 valence electrons. The normalized spacial score (nSPS) is 21.5. The minimum atomic E-state index is -1.60. The Hall–Kier alpha value is -2.34. The van der Waals surface area contributed by atoms with E-state index in [9.17, 15) is 30.0 Å². The van der Waals surface area contributed by atoms with Gasteiger partial charge in [-0.25, -0.2) is 0 Å². The molecule has 2 unspecified atom stereocenters. The highest BCUT2D eigenvalue weighted by Gasteiger charge is 2.44. The van der Waals surface area contributed by atoms with E-state index < -0.39 is 49.4 Å². The minimum Gasteiger partial charge on any atom is -0.462 e. The molecule has 0 aromatic heterocycles. The highest BCUT2D eigenvalue weighted by molar-refractivity contribution is 5.70. The Morgan fingerprint density at radius 3 is 1.71 bits per heavy atom. The molecule has 0 radical (unpaired) electrons. The van der Waals surface area contributed by atoms with Crippen LogP contribution in [0.25, 0.3) is 0 Å². The summed E-state index contributed by atoms with van der Waals surface area (Å²) in [6.45, 7) is 3.24. The second-order valence-electron chi connectivity index (χ2n) is 13.8. The van der Waals surface area contributed by atoms with Crippen molar-refractivity contribution in [3.8, 4) is 0 Å². The second-order valence-corrected chi connectivity index (χ2v) is 13.8. The van der Waals surface area contributed by atoms with Gasteiger partial charge in [-0.3, -0.25) is 9.59 Å². The Balaban J connectivity index is 2.40. The molecule has 1 aliphatic heterocycles. The van der Waals surface area contributed by atoms with Crippen LogP contribution in [0, 0.1) is 0 Å². The topological polar surface area (TPSA) is 152 Å². The van der Waals surface area contributed by atoms with E-state index in [1.54, 1.807) is 0 Å². The summed E-state index contributed by atoms with van der Waals surface area (Å²) < 4.78 is 22.1. The number of rotatable bonds is 32. The summed E-state index contributed by atoms with van der Waals surface area (Å²) in [5, 5.41) is 39.9. The SMILES string of the molecule is CC/C=C/C=C/C=C/C=C/CCCCCCCC(=O)O[C@H](COC(=O)CCCCCCCCCCCCCC)CO[C@@H]1O[C@H](CO)[C@H](O)C(O)C1O. The molecular formula is C42H72O10. The molecule has 10 heteroatoms. The molecule has 1 saturated heterocycles. The van der Waals surface area contributed by atoms with Gasteiger partial charge < -0.3 is 39.4 Å². The fourth-order valence-corrected chi connectivity index (χ4v) is 5.84. The van der Waals surface area contributed by atoms with E-state index in [1.165, 1.54) is 57.8 Å². The predicted octanol–water partition coefficient (Wildman–Crippen LogP) is 7.71. The molecule has 1 fully saturated rings. The zero-order valence-corrected chi connectivity index (χ0v) is 32.3. The Bertz CT molecular complexity index is 991. The number of ether oxygens (including phenoxy) is 4. The lowest BCUT2D eigenvalue weighted by molar-refractivity contribution is -0.305. The van der Waals surface area contributed by atoms with Crippen molar-refractivity contribution in [2.45, 2.75) is 185 Å². The van der Waals surface area contributed by atoms with Crippen LogP contribution in [0.1, 0.15) is 149 Å². The van der Waals surface area contributed by atoms with Gasteiger partial charge >= 0.3 is 11.9 Å². The van der Waals surface area contributed by atoms with Crippen LogP contribution in [0.4, 0.5) is 0 Å². The lowest BCUT2D eigenvalue weighted by Crippen LogP contribution is -2.59. The third-order valence-electron chi connectivity index (χ3n) is 9.07. The van der Waals surface area contributed by atoms with Crippen molar-refractivity contribution in [2.75, 3.05) is 19.8 Å². The molecule has 0 aromatic rings.